The average molecular weight is 410 g/mol. The highest BCUT2D eigenvalue weighted by Gasteiger charge is 2.42. The van der Waals surface area contributed by atoms with E-state index in [1.165, 1.54) is 11.3 Å². The minimum Gasteiger partial charge on any atom is -0.359 e. The van der Waals surface area contributed by atoms with E-state index in [1.807, 2.05) is 13.0 Å². The van der Waals surface area contributed by atoms with Gasteiger partial charge in [-0.15, -0.1) is 11.3 Å². The van der Waals surface area contributed by atoms with Gasteiger partial charge in [-0.05, 0) is 51.3 Å². The highest BCUT2D eigenvalue weighted by atomic mass is 79.9. The van der Waals surface area contributed by atoms with Crippen molar-refractivity contribution in [3.8, 4) is 0 Å². The second-order valence-corrected chi connectivity index (χ2v) is 8.60. The van der Waals surface area contributed by atoms with Crippen molar-refractivity contribution >= 4 is 55.0 Å². The third-order valence-electron chi connectivity index (χ3n) is 3.42. The van der Waals surface area contributed by atoms with E-state index in [2.05, 4.69) is 37.2 Å². The second-order valence-electron chi connectivity index (χ2n) is 4.85. The van der Waals surface area contributed by atoms with Crippen molar-refractivity contribution in [3.05, 3.63) is 19.2 Å². The van der Waals surface area contributed by atoms with Crippen LogP contribution in [0.4, 0.5) is 0 Å². The highest BCUT2D eigenvalue weighted by Crippen LogP contribution is 2.35. The number of rotatable bonds is 2. The Morgan fingerprint density at radius 3 is 2.68 bits per heavy atom. The topological polar surface area (TPSA) is 49.4 Å². The monoisotopic (exact) mass is 408 g/mol. The summed E-state index contributed by atoms with van der Waals surface area (Å²) in [4.78, 5) is 26.0. The molecular formula is C12H14Br2N2O2S. The van der Waals surface area contributed by atoms with Crippen LogP contribution in [0.5, 0.6) is 0 Å². The molecule has 0 saturated carbocycles. The molecule has 1 aromatic heterocycles. The largest absolute Gasteiger partial charge is 0.359 e. The van der Waals surface area contributed by atoms with Crippen molar-refractivity contribution in [2.45, 2.75) is 13.3 Å². The quantitative estimate of drug-likeness (QED) is 0.816. The van der Waals surface area contributed by atoms with Crippen LogP contribution in [0.2, 0.25) is 0 Å². The van der Waals surface area contributed by atoms with Crippen LogP contribution in [0, 0.1) is 5.41 Å². The zero-order valence-electron chi connectivity index (χ0n) is 10.6. The van der Waals surface area contributed by atoms with Crippen molar-refractivity contribution in [1.82, 2.24) is 10.2 Å². The molecule has 2 rings (SSSR count). The van der Waals surface area contributed by atoms with E-state index in [-0.39, 0.29) is 11.8 Å². The molecule has 2 heterocycles. The number of likely N-dealkylation sites (tertiary alicyclic amines) is 1. The Balaban J connectivity index is 2.15. The number of carbonyl (C=O) groups is 2. The maximum atomic E-state index is 12.4. The molecule has 0 aromatic carbocycles. The fourth-order valence-corrected chi connectivity index (χ4v) is 5.06. The molecule has 0 spiro atoms. The van der Waals surface area contributed by atoms with Gasteiger partial charge in [-0.1, -0.05) is 0 Å². The van der Waals surface area contributed by atoms with Crippen LogP contribution < -0.4 is 5.32 Å². The molecule has 4 nitrogen and oxygen atoms in total. The first-order chi connectivity index (χ1) is 8.87. The summed E-state index contributed by atoms with van der Waals surface area (Å²) in [5, 5.41) is 2.67. The third-order valence-corrected chi connectivity index (χ3v) is 5.76. The summed E-state index contributed by atoms with van der Waals surface area (Å²) in [5.41, 5.74) is 0.169. The summed E-state index contributed by atoms with van der Waals surface area (Å²) in [6.45, 7) is 2.98. The van der Waals surface area contributed by atoms with Gasteiger partial charge in [0.25, 0.3) is 5.91 Å². The number of halogens is 2. The van der Waals surface area contributed by atoms with E-state index in [0.717, 1.165) is 7.57 Å². The van der Waals surface area contributed by atoms with Crippen LogP contribution in [0.1, 0.15) is 23.7 Å². The molecular weight excluding hydrogens is 396 g/mol. The SMILES string of the molecule is CNC(=O)C1(C)CCN(C(=O)c2cc(Br)sc2Br)C1. The van der Waals surface area contributed by atoms with Crippen molar-refractivity contribution in [1.29, 1.82) is 0 Å². The Kier molecular flexibility index (Phi) is 4.37. The van der Waals surface area contributed by atoms with Gasteiger partial charge in [0.1, 0.15) is 0 Å². The Bertz CT molecular complexity index is 532. The second kappa shape index (κ2) is 5.54. The van der Waals surface area contributed by atoms with Crippen LogP contribution in [-0.2, 0) is 4.79 Å². The first-order valence-electron chi connectivity index (χ1n) is 5.83. The van der Waals surface area contributed by atoms with Crippen molar-refractivity contribution < 1.29 is 9.59 Å². The van der Waals surface area contributed by atoms with Gasteiger partial charge in [0.2, 0.25) is 5.91 Å². The molecule has 0 bridgehead atoms. The number of nitrogens with one attached hydrogen (secondary N) is 1. The molecule has 1 saturated heterocycles. The lowest BCUT2D eigenvalue weighted by Crippen LogP contribution is -2.40. The summed E-state index contributed by atoms with van der Waals surface area (Å²) < 4.78 is 1.73. The van der Waals surface area contributed by atoms with Gasteiger partial charge in [-0.25, -0.2) is 0 Å². The standard InChI is InChI=1S/C12H14Br2N2O2S/c1-12(11(18)15-2)3-4-16(6-12)10(17)7-5-8(13)19-9(7)14/h5H,3-4,6H2,1-2H3,(H,15,18). The van der Waals surface area contributed by atoms with E-state index >= 15 is 0 Å². The van der Waals surface area contributed by atoms with E-state index in [0.29, 0.717) is 25.1 Å². The molecule has 1 atom stereocenters. The van der Waals surface area contributed by atoms with Crippen LogP contribution in [0.15, 0.2) is 13.6 Å². The maximum absolute atomic E-state index is 12.4. The van der Waals surface area contributed by atoms with Gasteiger partial charge in [-0.3, -0.25) is 9.59 Å². The summed E-state index contributed by atoms with van der Waals surface area (Å²) in [6, 6.07) is 1.81. The smallest absolute Gasteiger partial charge is 0.255 e. The summed E-state index contributed by atoms with van der Waals surface area (Å²) in [5.74, 6) is -0.0326. The molecule has 2 amide bonds. The van der Waals surface area contributed by atoms with E-state index in [1.54, 1.807) is 11.9 Å². The van der Waals surface area contributed by atoms with Crippen LogP contribution in [0.25, 0.3) is 0 Å². The molecule has 7 heteroatoms. The molecule has 1 aromatic rings. The Hall–Kier alpha value is -0.400. The van der Waals surface area contributed by atoms with E-state index in [9.17, 15) is 9.59 Å². The first-order valence-corrected chi connectivity index (χ1v) is 8.24. The lowest BCUT2D eigenvalue weighted by molar-refractivity contribution is -0.128. The van der Waals surface area contributed by atoms with Gasteiger partial charge in [0.15, 0.2) is 0 Å². The molecule has 1 N–H and O–H groups in total. The number of hydrogen-bond acceptors (Lipinski definition) is 3. The maximum Gasteiger partial charge on any atom is 0.255 e. The fraction of sp³-hybridized carbons (Fsp3) is 0.500. The normalized spacial score (nSPS) is 22.6. The first kappa shape index (κ1) is 15.0. The Morgan fingerprint density at radius 1 is 1.47 bits per heavy atom. The highest BCUT2D eigenvalue weighted by molar-refractivity contribution is 9.12. The van der Waals surface area contributed by atoms with Gasteiger partial charge in [-0.2, -0.15) is 0 Å². The molecule has 1 aliphatic heterocycles. The summed E-state index contributed by atoms with van der Waals surface area (Å²) in [6.07, 6.45) is 0.696. The zero-order chi connectivity index (χ0) is 14.2. The Morgan fingerprint density at radius 2 is 2.16 bits per heavy atom. The van der Waals surface area contributed by atoms with Crippen molar-refractivity contribution in [2.24, 2.45) is 5.41 Å². The molecule has 1 fully saturated rings. The van der Waals surface area contributed by atoms with E-state index < -0.39 is 5.41 Å². The summed E-state index contributed by atoms with van der Waals surface area (Å²) >= 11 is 8.24. The molecule has 104 valence electrons. The van der Waals surface area contributed by atoms with E-state index in [4.69, 9.17) is 0 Å². The average Bonchev–Trinajstić information content (AvgIpc) is 2.92. The minimum atomic E-state index is -0.482. The van der Waals surface area contributed by atoms with Crippen LogP contribution in [0.3, 0.4) is 0 Å². The fourth-order valence-electron chi connectivity index (χ4n) is 2.28. The number of amides is 2. The third kappa shape index (κ3) is 2.87. The van der Waals surface area contributed by atoms with Gasteiger partial charge < -0.3 is 10.2 Å². The predicted molar refractivity (Wildman–Crippen MR) is 82.4 cm³/mol. The van der Waals surface area contributed by atoms with Gasteiger partial charge >= 0.3 is 0 Å². The predicted octanol–water partition coefficient (Wildman–Crippen LogP) is 2.87. The van der Waals surface area contributed by atoms with Crippen LogP contribution >= 0.6 is 43.2 Å². The molecule has 1 unspecified atom stereocenters. The number of carbonyl (C=O) groups excluding carboxylic acids is 2. The number of thiophene rings is 1. The lowest BCUT2D eigenvalue weighted by atomic mass is 9.89. The lowest BCUT2D eigenvalue weighted by Gasteiger charge is -2.22. The van der Waals surface area contributed by atoms with Gasteiger partial charge in [0, 0.05) is 20.1 Å². The van der Waals surface area contributed by atoms with Crippen LogP contribution in [-0.4, -0.2) is 36.9 Å². The van der Waals surface area contributed by atoms with Crippen molar-refractivity contribution in [3.63, 3.8) is 0 Å². The molecule has 1 aliphatic rings. The minimum absolute atomic E-state index is 0.00614. The zero-order valence-corrected chi connectivity index (χ0v) is 14.6. The Labute approximate surface area is 132 Å². The number of nitrogens with zero attached hydrogens (tertiary/aromatic N) is 1. The summed E-state index contributed by atoms with van der Waals surface area (Å²) in [7, 11) is 1.63. The van der Waals surface area contributed by atoms with Crippen molar-refractivity contribution in [2.75, 3.05) is 20.1 Å². The molecule has 0 aliphatic carbocycles. The van der Waals surface area contributed by atoms with Gasteiger partial charge in [0.05, 0.1) is 18.6 Å². The molecule has 19 heavy (non-hydrogen) atoms. The molecule has 0 radical (unpaired) electrons. The number of hydrogen-bond donors (Lipinski definition) is 1.